The van der Waals surface area contributed by atoms with Crippen molar-refractivity contribution in [1.82, 2.24) is 14.9 Å². The molecule has 2 aromatic carbocycles. The summed E-state index contributed by atoms with van der Waals surface area (Å²) >= 11 is 0. The second-order valence-electron chi connectivity index (χ2n) is 8.68. The van der Waals surface area contributed by atoms with E-state index in [4.69, 9.17) is 5.11 Å². The first-order chi connectivity index (χ1) is 15.9. The molecule has 33 heavy (non-hydrogen) atoms. The lowest BCUT2D eigenvalue weighted by Gasteiger charge is -2.20. The number of nitrogens with zero attached hydrogens (tertiary/aromatic N) is 2. The average Bonchev–Trinajstić information content (AvgIpc) is 3.54. The molecule has 1 fully saturated rings. The summed E-state index contributed by atoms with van der Waals surface area (Å²) in [4.78, 5) is 17.7. The van der Waals surface area contributed by atoms with E-state index < -0.39 is 5.41 Å². The molecule has 0 aliphatic heterocycles. The highest BCUT2D eigenvalue weighted by molar-refractivity contribution is 6.13. The number of rotatable bonds is 6. The quantitative estimate of drug-likeness (QED) is 0.362. The minimum Gasteiger partial charge on any atom is -0.505 e. The van der Waals surface area contributed by atoms with Crippen LogP contribution in [0, 0.1) is 5.82 Å². The van der Waals surface area contributed by atoms with Crippen LogP contribution in [0.15, 0.2) is 42.7 Å². The normalized spacial score (nSPS) is 14.6. The number of aliphatic hydroxyl groups excluding tert-OH is 1. The molecule has 170 valence electrons. The van der Waals surface area contributed by atoms with Gasteiger partial charge in [-0.1, -0.05) is 12.1 Å². The molecule has 1 aliphatic carbocycles. The van der Waals surface area contributed by atoms with Gasteiger partial charge in [0.1, 0.15) is 11.3 Å². The van der Waals surface area contributed by atoms with Crippen molar-refractivity contribution < 1.29 is 24.5 Å². The molecule has 8 heteroatoms. The molecule has 2 heterocycles. The fraction of sp³-hybridized carbons (Fsp3) is 0.280. The molecule has 1 amide bonds. The SMILES string of the molecule is Cn1cc2c(C3(C(=O)NCCO)CC3)c3cc(Cc4ccc(F)cc4)cnc3c(O)c2c1O. The van der Waals surface area contributed by atoms with Crippen LogP contribution in [0.5, 0.6) is 11.6 Å². The molecule has 4 N–H and O–H groups in total. The van der Waals surface area contributed by atoms with E-state index >= 15 is 0 Å². The van der Waals surface area contributed by atoms with Gasteiger partial charge in [-0.2, -0.15) is 0 Å². The van der Waals surface area contributed by atoms with E-state index in [2.05, 4.69) is 10.3 Å². The van der Waals surface area contributed by atoms with Gasteiger partial charge in [0.05, 0.1) is 17.4 Å². The van der Waals surface area contributed by atoms with Crippen LogP contribution >= 0.6 is 0 Å². The van der Waals surface area contributed by atoms with Crippen LogP contribution in [-0.4, -0.2) is 43.9 Å². The molecule has 0 unspecified atom stereocenters. The highest BCUT2D eigenvalue weighted by Crippen LogP contribution is 2.55. The van der Waals surface area contributed by atoms with Crippen molar-refractivity contribution in [3.8, 4) is 11.6 Å². The number of hydrogen-bond acceptors (Lipinski definition) is 5. The van der Waals surface area contributed by atoms with Gasteiger partial charge in [0, 0.05) is 36.8 Å². The van der Waals surface area contributed by atoms with Gasteiger partial charge in [-0.15, -0.1) is 0 Å². The molecule has 0 bridgehead atoms. The third-order valence-corrected chi connectivity index (χ3v) is 6.48. The molecule has 0 saturated heterocycles. The molecule has 0 radical (unpaired) electrons. The Hall–Kier alpha value is -3.65. The van der Waals surface area contributed by atoms with Crippen molar-refractivity contribution in [2.24, 2.45) is 7.05 Å². The van der Waals surface area contributed by atoms with Gasteiger partial charge in [0.15, 0.2) is 5.75 Å². The maximum atomic E-state index is 13.3. The molecule has 4 aromatic rings. The number of phenolic OH excluding ortho intramolecular Hbond substituents is 1. The van der Waals surface area contributed by atoms with Gasteiger partial charge >= 0.3 is 0 Å². The molecule has 0 atom stereocenters. The molecule has 7 nitrogen and oxygen atoms in total. The highest BCUT2D eigenvalue weighted by Gasteiger charge is 2.53. The van der Waals surface area contributed by atoms with Crippen molar-refractivity contribution in [3.63, 3.8) is 0 Å². The van der Waals surface area contributed by atoms with Crippen LogP contribution in [0.1, 0.15) is 29.5 Å². The summed E-state index contributed by atoms with van der Waals surface area (Å²) in [6.45, 7) is -0.0170. The number of aromatic hydroxyl groups is 2. The Kier molecular flexibility index (Phi) is 4.97. The smallest absolute Gasteiger partial charge is 0.230 e. The van der Waals surface area contributed by atoms with Crippen molar-refractivity contribution in [2.75, 3.05) is 13.2 Å². The molecule has 1 aliphatic rings. The van der Waals surface area contributed by atoms with E-state index in [0.717, 1.165) is 11.1 Å². The highest BCUT2D eigenvalue weighted by atomic mass is 19.1. The first-order valence-corrected chi connectivity index (χ1v) is 10.8. The molecule has 0 spiro atoms. The summed E-state index contributed by atoms with van der Waals surface area (Å²) in [5.41, 5.74) is 1.95. The number of halogens is 1. The summed E-state index contributed by atoms with van der Waals surface area (Å²) in [5, 5.41) is 35.1. The van der Waals surface area contributed by atoms with Gasteiger partial charge < -0.3 is 25.2 Å². The zero-order valence-corrected chi connectivity index (χ0v) is 18.1. The predicted molar refractivity (Wildman–Crippen MR) is 122 cm³/mol. The second-order valence-corrected chi connectivity index (χ2v) is 8.68. The number of nitrogens with one attached hydrogen (secondary N) is 1. The lowest BCUT2D eigenvalue weighted by molar-refractivity contribution is -0.123. The van der Waals surface area contributed by atoms with Crippen molar-refractivity contribution >= 4 is 27.6 Å². The number of phenols is 1. The lowest BCUT2D eigenvalue weighted by atomic mass is 9.86. The van der Waals surface area contributed by atoms with Crippen LogP contribution in [0.4, 0.5) is 4.39 Å². The topological polar surface area (TPSA) is 108 Å². The Morgan fingerprint density at radius 3 is 2.58 bits per heavy atom. The predicted octanol–water partition coefficient (Wildman–Crippen LogP) is 3.01. The number of fused-ring (bicyclic) bond motifs is 2. The van der Waals surface area contributed by atoms with Crippen LogP contribution in [0.25, 0.3) is 21.7 Å². The van der Waals surface area contributed by atoms with E-state index in [1.807, 2.05) is 6.07 Å². The lowest BCUT2D eigenvalue weighted by Crippen LogP contribution is -2.36. The summed E-state index contributed by atoms with van der Waals surface area (Å²) in [6.07, 6.45) is 5.08. The van der Waals surface area contributed by atoms with Crippen molar-refractivity contribution in [1.29, 1.82) is 0 Å². The molecule has 2 aromatic heterocycles. The van der Waals surface area contributed by atoms with Gasteiger partial charge in [-0.25, -0.2) is 4.39 Å². The Bertz CT molecular complexity index is 1390. The molecular weight excluding hydrogens is 425 g/mol. The number of carbonyl (C=O) groups excluding carboxylic acids is 1. The average molecular weight is 449 g/mol. The molecular formula is C25H24FN3O4. The first kappa shape index (κ1) is 21.2. The Labute approximate surface area is 189 Å². The Morgan fingerprint density at radius 2 is 1.91 bits per heavy atom. The fourth-order valence-electron chi connectivity index (χ4n) is 4.69. The van der Waals surface area contributed by atoms with Crippen molar-refractivity contribution in [2.45, 2.75) is 24.7 Å². The third kappa shape index (κ3) is 3.38. The summed E-state index contributed by atoms with van der Waals surface area (Å²) in [6, 6.07) is 8.13. The first-order valence-electron chi connectivity index (χ1n) is 10.8. The second kappa shape index (κ2) is 7.74. The van der Waals surface area contributed by atoms with E-state index in [-0.39, 0.29) is 41.9 Å². The van der Waals surface area contributed by atoms with E-state index in [9.17, 15) is 19.4 Å². The fourth-order valence-corrected chi connectivity index (χ4v) is 4.69. The van der Waals surface area contributed by atoms with E-state index in [0.29, 0.717) is 41.1 Å². The van der Waals surface area contributed by atoms with E-state index in [1.165, 1.54) is 16.7 Å². The summed E-state index contributed by atoms with van der Waals surface area (Å²) < 4.78 is 14.8. The molecule has 1 saturated carbocycles. The minimum atomic E-state index is -0.830. The summed E-state index contributed by atoms with van der Waals surface area (Å²) in [5.74, 6) is -0.744. The van der Waals surface area contributed by atoms with Gasteiger partial charge in [0.2, 0.25) is 11.8 Å². The van der Waals surface area contributed by atoms with Crippen LogP contribution in [-0.2, 0) is 23.7 Å². The van der Waals surface area contributed by atoms with Gasteiger partial charge in [-0.05, 0) is 54.2 Å². The van der Waals surface area contributed by atoms with Crippen molar-refractivity contribution in [3.05, 3.63) is 65.2 Å². The molecule has 5 rings (SSSR count). The number of pyridine rings is 1. The standard InChI is InChI=1S/C25H24FN3O4/c1-29-13-18-19(23(29)32)22(31)21-17(20(18)25(6-7-25)24(33)27-8-9-30)11-15(12-28-21)10-14-2-4-16(26)5-3-14/h2-5,11-13,30-32H,6-10H2,1H3,(H,27,33). The maximum Gasteiger partial charge on any atom is 0.230 e. The number of carbonyl (C=O) groups is 1. The Balaban J connectivity index is 1.74. The number of aliphatic hydroxyl groups is 1. The summed E-state index contributed by atoms with van der Waals surface area (Å²) in [7, 11) is 1.67. The Morgan fingerprint density at radius 1 is 1.18 bits per heavy atom. The monoisotopic (exact) mass is 449 g/mol. The van der Waals surface area contributed by atoms with Gasteiger partial charge in [-0.3, -0.25) is 9.78 Å². The minimum absolute atomic E-state index is 0.102. The maximum absolute atomic E-state index is 13.3. The van der Waals surface area contributed by atoms with Crippen LogP contribution < -0.4 is 5.32 Å². The van der Waals surface area contributed by atoms with Crippen LogP contribution in [0.3, 0.4) is 0 Å². The number of aromatic nitrogens is 2. The largest absolute Gasteiger partial charge is 0.505 e. The van der Waals surface area contributed by atoms with Gasteiger partial charge in [0.25, 0.3) is 0 Å². The zero-order chi connectivity index (χ0) is 23.3. The van der Waals surface area contributed by atoms with Crippen LogP contribution in [0.2, 0.25) is 0 Å². The third-order valence-electron chi connectivity index (χ3n) is 6.48. The number of hydrogen-bond donors (Lipinski definition) is 4. The number of amides is 1. The van der Waals surface area contributed by atoms with E-state index in [1.54, 1.807) is 31.6 Å². The number of aryl methyl sites for hydroxylation is 1. The zero-order valence-electron chi connectivity index (χ0n) is 18.1. The number of benzene rings is 2.